The molecule has 0 radical (unpaired) electrons. The second-order valence-electron chi connectivity index (χ2n) is 6.52. The highest BCUT2D eigenvalue weighted by atomic mass is 32.1. The molecule has 4 rings (SSSR count). The second kappa shape index (κ2) is 7.03. The topological polar surface area (TPSA) is 97.9 Å². The molecule has 3 heterocycles. The number of anilines is 1. The van der Waals surface area contributed by atoms with E-state index in [1.807, 2.05) is 18.2 Å². The summed E-state index contributed by atoms with van der Waals surface area (Å²) in [5.41, 5.74) is 6.24. The van der Waals surface area contributed by atoms with Gasteiger partial charge >= 0.3 is 0 Å². The van der Waals surface area contributed by atoms with Gasteiger partial charge in [-0.25, -0.2) is 0 Å². The first-order chi connectivity index (χ1) is 12.6. The van der Waals surface area contributed by atoms with Gasteiger partial charge in [-0.3, -0.25) is 4.79 Å². The Balaban J connectivity index is 1.56. The molecule has 0 unspecified atom stereocenters. The molecule has 1 amide bonds. The summed E-state index contributed by atoms with van der Waals surface area (Å²) in [5, 5.41) is 11.1. The summed E-state index contributed by atoms with van der Waals surface area (Å²) in [5.74, 6) is 1.12. The van der Waals surface area contributed by atoms with E-state index in [9.17, 15) is 9.90 Å². The molecule has 0 atom stereocenters. The fraction of sp³-hybridized carbons (Fsp3) is 0.444. The minimum absolute atomic E-state index is 0.0107. The molecule has 2 aromatic rings. The van der Waals surface area contributed by atoms with Crippen LogP contribution in [0.15, 0.2) is 18.2 Å². The smallest absolute Gasteiger partial charge is 0.232 e. The highest BCUT2D eigenvalue weighted by Gasteiger charge is 2.26. The Labute approximate surface area is 155 Å². The van der Waals surface area contributed by atoms with E-state index in [4.69, 9.17) is 15.2 Å². The number of fused-ring (bicyclic) bond motifs is 1. The zero-order valence-electron chi connectivity index (χ0n) is 14.3. The Morgan fingerprint density at radius 3 is 2.69 bits per heavy atom. The first-order valence-corrected chi connectivity index (χ1v) is 9.57. The SMILES string of the molecule is NC(=O)C1CCN(c2nc(O)c(-c3ccc4c(c3)OCCCO4)s2)CC1. The van der Waals surface area contributed by atoms with Crippen molar-refractivity contribution in [3.8, 4) is 27.8 Å². The molecule has 26 heavy (non-hydrogen) atoms. The molecular formula is C18H21N3O4S. The van der Waals surface area contributed by atoms with Crippen molar-refractivity contribution in [2.45, 2.75) is 19.3 Å². The van der Waals surface area contributed by atoms with Crippen molar-refractivity contribution in [2.75, 3.05) is 31.2 Å². The number of hydrogen-bond donors (Lipinski definition) is 2. The van der Waals surface area contributed by atoms with E-state index in [-0.39, 0.29) is 17.7 Å². The van der Waals surface area contributed by atoms with Gasteiger partial charge in [-0.15, -0.1) is 0 Å². The maximum Gasteiger partial charge on any atom is 0.232 e. The maximum absolute atomic E-state index is 11.3. The van der Waals surface area contributed by atoms with Crippen LogP contribution >= 0.6 is 11.3 Å². The van der Waals surface area contributed by atoms with E-state index in [2.05, 4.69) is 9.88 Å². The van der Waals surface area contributed by atoms with Crippen LogP contribution in [0.2, 0.25) is 0 Å². The van der Waals surface area contributed by atoms with Crippen LogP contribution in [0.3, 0.4) is 0 Å². The van der Waals surface area contributed by atoms with E-state index >= 15 is 0 Å². The minimum atomic E-state index is -0.237. The van der Waals surface area contributed by atoms with Crippen LogP contribution in [0, 0.1) is 5.92 Å². The predicted molar refractivity (Wildman–Crippen MR) is 99.0 cm³/mol. The van der Waals surface area contributed by atoms with Crippen LogP contribution in [0.1, 0.15) is 19.3 Å². The highest BCUT2D eigenvalue weighted by molar-refractivity contribution is 7.19. The molecule has 3 N–H and O–H groups in total. The van der Waals surface area contributed by atoms with Crippen LogP contribution in [0.4, 0.5) is 5.13 Å². The zero-order valence-corrected chi connectivity index (χ0v) is 15.1. The number of benzene rings is 1. The van der Waals surface area contributed by atoms with Gasteiger partial charge in [0.05, 0.1) is 13.2 Å². The summed E-state index contributed by atoms with van der Waals surface area (Å²) in [6.07, 6.45) is 2.28. The van der Waals surface area contributed by atoms with Crippen molar-refractivity contribution in [1.29, 1.82) is 0 Å². The molecule has 0 saturated carbocycles. The van der Waals surface area contributed by atoms with Crippen molar-refractivity contribution < 1.29 is 19.4 Å². The molecule has 1 aromatic carbocycles. The van der Waals surface area contributed by atoms with Crippen molar-refractivity contribution >= 4 is 22.4 Å². The summed E-state index contributed by atoms with van der Waals surface area (Å²) in [4.78, 5) is 18.4. The molecule has 0 bridgehead atoms. The lowest BCUT2D eigenvalue weighted by molar-refractivity contribution is -0.122. The number of carbonyl (C=O) groups excluding carboxylic acids is 1. The van der Waals surface area contributed by atoms with Gasteiger partial charge in [0.1, 0.15) is 4.88 Å². The van der Waals surface area contributed by atoms with Crippen molar-refractivity contribution in [3.63, 3.8) is 0 Å². The molecule has 0 aliphatic carbocycles. The first-order valence-electron chi connectivity index (χ1n) is 8.76. The molecule has 1 aromatic heterocycles. The lowest BCUT2D eigenvalue weighted by Gasteiger charge is -2.30. The average Bonchev–Trinajstić information content (AvgIpc) is 2.88. The van der Waals surface area contributed by atoms with E-state index in [0.717, 1.165) is 35.7 Å². The third-order valence-electron chi connectivity index (χ3n) is 4.78. The molecule has 2 aliphatic rings. The Bertz CT molecular complexity index is 815. The molecule has 2 aliphatic heterocycles. The number of nitrogens with two attached hydrogens (primary N) is 1. The van der Waals surface area contributed by atoms with E-state index in [1.54, 1.807) is 0 Å². The third kappa shape index (κ3) is 3.29. The minimum Gasteiger partial charge on any atom is -0.492 e. The summed E-state index contributed by atoms with van der Waals surface area (Å²) < 4.78 is 11.4. The number of rotatable bonds is 3. The standard InChI is InChI=1S/C18H21N3O4S/c19-16(22)11-4-6-21(7-5-11)18-20-17(23)15(26-18)12-2-3-13-14(10-12)25-9-1-8-24-13/h2-3,10-11,23H,1,4-9H2,(H2,19,22). The fourth-order valence-corrected chi connectivity index (χ4v) is 4.29. The van der Waals surface area contributed by atoms with Crippen LogP contribution in [-0.4, -0.2) is 42.3 Å². The van der Waals surface area contributed by atoms with E-state index in [1.165, 1.54) is 11.3 Å². The van der Waals surface area contributed by atoms with Gasteiger partial charge < -0.3 is 25.2 Å². The summed E-state index contributed by atoms with van der Waals surface area (Å²) in [6, 6.07) is 5.66. The van der Waals surface area contributed by atoms with Crippen molar-refractivity contribution in [2.24, 2.45) is 11.7 Å². The number of primary amides is 1. The average molecular weight is 375 g/mol. The lowest BCUT2D eigenvalue weighted by atomic mass is 9.97. The largest absolute Gasteiger partial charge is 0.492 e. The highest BCUT2D eigenvalue weighted by Crippen LogP contribution is 2.43. The number of amides is 1. The van der Waals surface area contributed by atoms with E-state index < -0.39 is 0 Å². The number of ether oxygens (including phenoxy) is 2. The maximum atomic E-state index is 11.3. The zero-order chi connectivity index (χ0) is 18.1. The van der Waals surface area contributed by atoms with Crippen LogP contribution in [0.5, 0.6) is 17.4 Å². The number of aromatic nitrogens is 1. The Morgan fingerprint density at radius 2 is 1.96 bits per heavy atom. The van der Waals surface area contributed by atoms with Gasteiger partial charge in [0.15, 0.2) is 16.6 Å². The summed E-state index contributed by atoms with van der Waals surface area (Å²) in [7, 11) is 0. The number of aromatic hydroxyl groups is 1. The molecule has 0 spiro atoms. The number of carbonyl (C=O) groups is 1. The number of hydrogen-bond acceptors (Lipinski definition) is 7. The lowest BCUT2D eigenvalue weighted by Crippen LogP contribution is -2.38. The quantitative estimate of drug-likeness (QED) is 0.855. The Morgan fingerprint density at radius 1 is 1.23 bits per heavy atom. The van der Waals surface area contributed by atoms with Crippen molar-refractivity contribution in [1.82, 2.24) is 4.98 Å². The number of nitrogens with zero attached hydrogens (tertiary/aromatic N) is 2. The second-order valence-corrected chi connectivity index (χ2v) is 7.50. The normalized spacial score (nSPS) is 17.8. The summed E-state index contributed by atoms with van der Waals surface area (Å²) in [6.45, 7) is 2.68. The fourth-order valence-electron chi connectivity index (χ4n) is 3.28. The Hall–Kier alpha value is -2.48. The van der Waals surface area contributed by atoms with Crippen LogP contribution < -0.4 is 20.1 Å². The molecule has 1 saturated heterocycles. The molecular weight excluding hydrogens is 354 g/mol. The molecule has 8 heteroatoms. The van der Waals surface area contributed by atoms with Gasteiger partial charge in [0, 0.05) is 31.0 Å². The van der Waals surface area contributed by atoms with Gasteiger partial charge in [0.2, 0.25) is 11.8 Å². The van der Waals surface area contributed by atoms with Gasteiger partial charge in [0.25, 0.3) is 0 Å². The van der Waals surface area contributed by atoms with Gasteiger partial charge in [-0.2, -0.15) is 4.98 Å². The van der Waals surface area contributed by atoms with Gasteiger partial charge in [-0.05, 0) is 31.0 Å². The van der Waals surface area contributed by atoms with Crippen LogP contribution in [0.25, 0.3) is 10.4 Å². The monoisotopic (exact) mass is 375 g/mol. The molecule has 1 fully saturated rings. The third-order valence-corrected chi connectivity index (χ3v) is 5.93. The van der Waals surface area contributed by atoms with Gasteiger partial charge in [-0.1, -0.05) is 11.3 Å². The van der Waals surface area contributed by atoms with Crippen molar-refractivity contribution in [3.05, 3.63) is 18.2 Å². The molecule has 138 valence electrons. The van der Waals surface area contributed by atoms with E-state index in [0.29, 0.717) is 36.9 Å². The first kappa shape index (κ1) is 17.0. The summed E-state index contributed by atoms with van der Waals surface area (Å²) >= 11 is 1.44. The van der Waals surface area contributed by atoms with Crippen LogP contribution in [-0.2, 0) is 4.79 Å². The Kier molecular flexibility index (Phi) is 4.58. The number of thiazole rings is 1. The molecule has 7 nitrogen and oxygen atoms in total. The number of piperidine rings is 1. The predicted octanol–water partition coefficient (Wildman–Crippen LogP) is 2.38.